The van der Waals surface area contributed by atoms with Crippen LogP contribution in [0.2, 0.25) is 5.15 Å². The highest BCUT2D eigenvalue weighted by atomic mass is 35.5. The summed E-state index contributed by atoms with van der Waals surface area (Å²) in [5.41, 5.74) is 1.62. The van der Waals surface area contributed by atoms with Crippen LogP contribution in [0.5, 0.6) is 0 Å². The molecule has 0 aliphatic carbocycles. The Kier molecular flexibility index (Phi) is 7.35. The molecule has 0 radical (unpaired) electrons. The number of anilines is 1. The van der Waals surface area contributed by atoms with Gasteiger partial charge >= 0.3 is 0 Å². The average Bonchev–Trinajstić information content (AvgIpc) is 2.73. The molecule has 29 heavy (non-hydrogen) atoms. The van der Waals surface area contributed by atoms with Crippen molar-refractivity contribution in [2.45, 2.75) is 19.4 Å². The lowest BCUT2D eigenvalue weighted by molar-refractivity contribution is -0.120. The number of nitrogens with one attached hydrogen (secondary N) is 2. The zero-order valence-electron chi connectivity index (χ0n) is 15.8. The summed E-state index contributed by atoms with van der Waals surface area (Å²) in [5.74, 6) is 0.0230. The molecular formula is C21H22ClN5O2. The number of benzene rings is 1. The van der Waals surface area contributed by atoms with E-state index in [1.807, 2.05) is 48.5 Å². The Hall–Kier alpha value is -3.19. The van der Waals surface area contributed by atoms with Gasteiger partial charge in [-0.1, -0.05) is 48.0 Å². The molecule has 0 aliphatic rings. The second-order valence-electron chi connectivity index (χ2n) is 6.43. The lowest BCUT2D eigenvalue weighted by Gasteiger charge is -2.10. The van der Waals surface area contributed by atoms with Crippen LogP contribution in [0.4, 0.5) is 5.82 Å². The molecule has 0 fully saturated rings. The third-order valence-corrected chi connectivity index (χ3v) is 4.40. The van der Waals surface area contributed by atoms with Crippen LogP contribution in [0, 0.1) is 0 Å². The van der Waals surface area contributed by atoms with Crippen molar-refractivity contribution >= 4 is 23.3 Å². The Morgan fingerprint density at radius 2 is 1.86 bits per heavy atom. The van der Waals surface area contributed by atoms with E-state index in [-0.39, 0.29) is 35.4 Å². The minimum absolute atomic E-state index is 0.111. The van der Waals surface area contributed by atoms with Crippen LogP contribution in [0.15, 0.2) is 65.7 Å². The number of hydrogen-bond donors (Lipinski definition) is 2. The second kappa shape index (κ2) is 10.4. The molecule has 7 nitrogen and oxygen atoms in total. The van der Waals surface area contributed by atoms with E-state index in [0.29, 0.717) is 19.5 Å². The highest BCUT2D eigenvalue weighted by molar-refractivity contribution is 6.29. The molecule has 0 aliphatic heterocycles. The molecule has 2 heterocycles. The van der Waals surface area contributed by atoms with Gasteiger partial charge in [-0.05, 0) is 17.7 Å². The molecule has 1 aromatic carbocycles. The first-order valence-corrected chi connectivity index (χ1v) is 9.71. The molecule has 3 aromatic rings. The number of rotatable bonds is 9. The van der Waals surface area contributed by atoms with Crippen LogP contribution in [-0.2, 0) is 17.8 Å². The van der Waals surface area contributed by atoms with Crippen molar-refractivity contribution in [3.8, 4) is 0 Å². The largest absolute Gasteiger partial charge is 0.365 e. The molecule has 8 heteroatoms. The van der Waals surface area contributed by atoms with Crippen molar-refractivity contribution in [1.29, 1.82) is 0 Å². The molecule has 150 valence electrons. The highest BCUT2D eigenvalue weighted by Crippen LogP contribution is 2.08. The van der Waals surface area contributed by atoms with Gasteiger partial charge in [0.25, 0.3) is 5.56 Å². The molecule has 2 aromatic heterocycles. The predicted octanol–water partition coefficient (Wildman–Crippen LogP) is 2.50. The summed E-state index contributed by atoms with van der Waals surface area (Å²) >= 11 is 6.06. The van der Waals surface area contributed by atoms with Gasteiger partial charge in [-0.2, -0.15) is 0 Å². The van der Waals surface area contributed by atoms with Gasteiger partial charge in [-0.15, -0.1) is 0 Å². The maximum absolute atomic E-state index is 12.6. The maximum Gasteiger partial charge on any atom is 0.293 e. The zero-order chi connectivity index (χ0) is 20.5. The van der Waals surface area contributed by atoms with E-state index in [4.69, 9.17) is 11.6 Å². The van der Waals surface area contributed by atoms with Crippen molar-refractivity contribution in [2.75, 3.05) is 18.4 Å². The molecule has 0 atom stereocenters. The Morgan fingerprint density at radius 1 is 1.07 bits per heavy atom. The van der Waals surface area contributed by atoms with Gasteiger partial charge in [0.15, 0.2) is 5.82 Å². The van der Waals surface area contributed by atoms with Gasteiger partial charge in [0, 0.05) is 44.0 Å². The van der Waals surface area contributed by atoms with Crippen LogP contribution >= 0.6 is 11.6 Å². The van der Waals surface area contributed by atoms with Gasteiger partial charge in [-0.25, -0.2) is 4.98 Å². The predicted molar refractivity (Wildman–Crippen MR) is 113 cm³/mol. The quantitative estimate of drug-likeness (QED) is 0.564. The fourth-order valence-corrected chi connectivity index (χ4v) is 2.98. The Labute approximate surface area is 173 Å². The molecule has 0 unspecified atom stereocenters. The van der Waals surface area contributed by atoms with Gasteiger partial charge in [0.2, 0.25) is 5.91 Å². The third kappa shape index (κ3) is 6.43. The average molecular weight is 412 g/mol. The van der Waals surface area contributed by atoms with Gasteiger partial charge in [0.05, 0.1) is 6.54 Å². The molecule has 0 spiro atoms. The second-order valence-corrected chi connectivity index (χ2v) is 6.82. The van der Waals surface area contributed by atoms with Gasteiger partial charge in [-0.3, -0.25) is 14.6 Å². The zero-order valence-corrected chi connectivity index (χ0v) is 16.6. The van der Waals surface area contributed by atoms with Crippen molar-refractivity contribution in [3.05, 3.63) is 87.7 Å². The van der Waals surface area contributed by atoms with E-state index < -0.39 is 0 Å². The molecule has 0 saturated carbocycles. The van der Waals surface area contributed by atoms with E-state index in [2.05, 4.69) is 20.6 Å². The normalized spacial score (nSPS) is 10.5. The Bertz CT molecular complexity index is 993. The standard InChI is InChI=1S/C21H22ClN5O2/c22-18-15-27(14-16-6-2-1-3-7-16)21(29)20(26-18)25-13-10-19(28)24-12-9-17-8-4-5-11-23-17/h1-8,11,15H,9-10,12-14H2,(H,24,28)(H,25,26). The van der Waals surface area contributed by atoms with Crippen LogP contribution in [0.25, 0.3) is 0 Å². The summed E-state index contributed by atoms with van der Waals surface area (Å²) in [7, 11) is 0. The van der Waals surface area contributed by atoms with Crippen molar-refractivity contribution in [1.82, 2.24) is 19.9 Å². The summed E-state index contributed by atoms with van der Waals surface area (Å²) in [6, 6.07) is 15.3. The number of hydrogen-bond acceptors (Lipinski definition) is 5. The Balaban J connectivity index is 1.50. The van der Waals surface area contributed by atoms with Crippen LogP contribution < -0.4 is 16.2 Å². The summed E-state index contributed by atoms with van der Waals surface area (Å²) in [6.45, 7) is 1.18. The minimum atomic E-state index is -0.284. The first-order valence-electron chi connectivity index (χ1n) is 9.33. The number of halogens is 1. The highest BCUT2D eigenvalue weighted by Gasteiger charge is 2.09. The van der Waals surface area contributed by atoms with Gasteiger partial charge < -0.3 is 15.2 Å². The van der Waals surface area contributed by atoms with Crippen molar-refractivity contribution in [3.63, 3.8) is 0 Å². The smallest absolute Gasteiger partial charge is 0.293 e. The summed E-state index contributed by atoms with van der Waals surface area (Å²) in [5, 5.41) is 5.97. The first kappa shape index (κ1) is 20.5. The monoisotopic (exact) mass is 411 g/mol. The first-order chi connectivity index (χ1) is 14.1. The topological polar surface area (TPSA) is 88.9 Å². The number of pyridine rings is 1. The van der Waals surface area contributed by atoms with Crippen LogP contribution in [-0.4, -0.2) is 33.5 Å². The Morgan fingerprint density at radius 3 is 2.62 bits per heavy atom. The van der Waals surface area contributed by atoms with E-state index >= 15 is 0 Å². The van der Waals surface area contributed by atoms with Crippen molar-refractivity contribution < 1.29 is 4.79 Å². The number of aromatic nitrogens is 3. The van der Waals surface area contributed by atoms with E-state index in [9.17, 15) is 9.59 Å². The molecule has 0 saturated heterocycles. The SMILES string of the molecule is O=C(CCNc1nc(Cl)cn(Cc2ccccc2)c1=O)NCCc1ccccn1. The lowest BCUT2D eigenvalue weighted by atomic mass is 10.2. The molecule has 3 rings (SSSR count). The minimum Gasteiger partial charge on any atom is -0.365 e. The summed E-state index contributed by atoms with van der Waals surface area (Å²) in [4.78, 5) is 32.9. The van der Waals surface area contributed by atoms with Gasteiger partial charge in [0.1, 0.15) is 5.15 Å². The maximum atomic E-state index is 12.6. The fourth-order valence-electron chi connectivity index (χ4n) is 2.78. The van der Waals surface area contributed by atoms with Crippen LogP contribution in [0.1, 0.15) is 17.7 Å². The molecular weight excluding hydrogens is 390 g/mol. The number of amides is 1. The summed E-state index contributed by atoms with van der Waals surface area (Å²) < 4.78 is 1.50. The number of nitrogens with zero attached hydrogens (tertiary/aromatic N) is 3. The van der Waals surface area contributed by atoms with Crippen LogP contribution in [0.3, 0.4) is 0 Å². The number of carbonyl (C=O) groups is 1. The fraction of sp³-hybridized carbons (Fsp3) is 0.238. The number of carbonyl (C=O) groups excluding carboxylic acids is 1. The molecule has 1 amide bonds. The molecule has 0 bridgehead atoms. The lowest BCUT2D eigenvalue weighted by Crippen LogP contribution is -2.29. The molecule has 2 N–H and O–H groups in total. The summed E-state index contributed by atoms with van der Waals surface area (Å²) in [6.07, 6.45) is 4.12. The third-order valence-electron chi connectivity index (χ3n) is 4.21. The van der Waals surface area contributed by atoms with E-state index in [1.54, 1.807) is 6.20 Å². The van der Waals surface area contributed by atoms with E-state index in [0.717, 1.165) is 11.3 Å². The van der Waals surface area contributed by atoms with E-state index in [1.165, 1.54) is 10.8 Å². The van der Waals surface area contributed by atoms with Crippen molar-refractivity contribution in [2.24, 2.45) is 0 Å².